The topological polar surface area (TPSA) is 17.1 Å². The molecule has 0 fully saturated rings. The summed E-state index contributed by atoms with van der Waals surface area (Å²) >= 11 is 6.38. The molecule has 2 heteroatoms. The molecule has 2 rings (SSSR count). The fraction of sp³-hybridized carbons (Fsp3) is 0.188. The van der Waals surface area contributed by atoms with E-state index in [2.05, 4.69) is 0 Å². The van der Waals surface area contributed by atoms with Crippen molar-refractivity contribution in [2.24, 2.45) is 5.92 Å². The molecule has 0 heterocycles. The van der Waals surface area contributed by atoms with Gasteiger partial charge >= 0.3 is 0 Å². The molecular formula is C16H15ClO. The van der Waals surface area contributed by atoms with Crippen LogP contribution in [-0.4, -0.2) is 5.78 Å². The van der Waals surface area contributed by atoms with E-state index in [0.29, 0.717) is 5.56 Å². The van der Waals surface area contributed by atoms with E-state index in [0.717, 1.165) is 5.56 Å². The fourth-order valence-electron chi connectivity index (χ4n) is 1.92. The van der Waals surface area contributed by atoms with Crippen molar-refractivity contribution in [3.8, 4) is 0 Å². The van der Waals surface area contributed by atoms with Crippen molar-refractivity contribution in [2.45, 2.75) is 12.3 Å². The van der Waals surface area contributed by atoms with Crippen LogP contribution >= 0.6 is 11.6 Å². The third-order valence-electron chi connectivity index (χ3n) is 3.03. The zero-order chi connectivity index (χ0) is 13.0. The standard InChI is InChI=1S/C16H15ClO/c1-12(15(17)13-8-4-2-5-9-13)16(18)14-10-6-3-7-11-14/h2-12,15H,1H3/t12-,15+/m1/s1. The minimum atomic E-state index is -0.293. The van der Waals surface area contributed by atoms with Crippen LogP contribution in [0.25, 0.3) is 0 Å². The molecule has 0 unspecified atom stereocenters. The number of ketones is 1. The third-order valence-corrected chi connectivity index (χ3v) is 3.66. The van der Waals surface area contributed by atoms with E-state index in [1.165, 1.54) is 0 Å². The lowest BCUT2D eigenvalue weighted by atomic mass is 9.92. The number of hydrogen-bond acceptors (Lipinski definition) is 1. The van der Waals surface area contributed by atoms with Crippen LogP contribution in [0.1, 0.15) is 28.2 Å². The Labute approximate surface area is 112 Å². The smallest absolute Gasteiger partial charge is 0.167 e. The number of halogens is 1. The molecule has 0 bridgehead atoms. The molecule has 2 atom stereocenters. The summed E-state index contributed by atoms with van der Waals surface area (Å²) in [6.45, 7) is 1.88. The average molecular weight is 259 g/mol. The largest absolute Gasteiger partial charge is 0.294 e. The van der Waals surface area contributed by atoms with Crippen molar-refractivity contribution < 1.29 is 4.79 Å². The van der Waals surface area contributed by atoms with Crippen LogP contribution < -0.4 is 0 Å². The lowest BCUT2D eigenvalue weighted by molar-refractivity contribution is 0.0926. The number of hydrogen-bond donors (Lipinski definition) is 0. The maximum atomic E-state index is 12.3. The van der Waals surface area contributed by atoms with Crippen LogP contribution in [0.3, 0.4) is 0 Å². The maximum absolute atomic E-state index is 12.3. The van der Waals surface area contributed by atoms with Crippen molar-refractivity contribution in [2.75, 3.05) is 0 Å². The second-order valence-electron chi connectivity index (χ2n) is 4.33. The quantitative estimate of drug-likeness (QED) is 0.584. The zero-order valence-corrected chi connectivity index (χ0v) is 11.0. The third kappa shape index (κ3) is 2.80. The van der Waals surface area contributed by atoms with Gasteiger partial charge in [-0.3, -0.25) is 4.79 Å². The highest BCUT2D eigenvalue weighted by molar-refractivity contribution is 6.23. The second kappa shape index (κ2) is 5.83. The van der Waals surface area contributed by atoms with Crippen molar-refractivity contribution in [3.05, 3.63) is 71.8 Å². The van der Waals surface area contributed by atoms with E-state index in [9.17, 15) is 4.79 Å². The van der Waals surface area contributed by atoms with E-state index in [4.69, 9.17) is 11.6 Å². The molecule has 1 nitrogen and oxygen atoms in total. The predicted molar refractivity (Wildman–Crippen MR) is 75.0 cm³/mol. The number of benzene rings is 2. The molecule has 0 aliphatic rings. The van der Waals surface area contributed by atoms with Crippen LogP contribution in [0.5, 0.6) is 0 Å². The number of carbonyl (C=O) groups excluding carboxylic acids is 1. The monoisotopic (exact) mass is 258 g/mol. The minimum Gasteiger partial charge on any atom is -0.294 e. The van der Waals surface area contributed by atoms with Gasteiger partial charge in [0.25, 0.3) is 0 Å². The zero-order valence-electron chi connectivity index (χ0n) is 10.2. The van der Waals surface area contributed by atoms with Crippen LogP contribution in [0.2, 0.25) is 0 Å². The van der Waals surface area contributed by atoms with Gasteiger partial charge in [-0.05, 0) is 5.56 Å². The fourth-order valence-corrected chi connectivity index (χ4v) is 2.18. The first-order valence-electron chi connectivity index (χ1n) is 5.98. The summed E-state index contributed by atoms with van der Waals surface area (Å²) in [6.07, 6.45) is 0. The molecule has 2 aromatic carbocycles. The van der Waals surface area contributed by atoms with Crippen LogP contribution in [0.4, 0.5) is 0 Å². The summed E-state index contributed by atoms with van der Waals surface area (Å²) in [4.78, 5) is 12.3. The summed E-state index contributed by atoms with van der Waals surface area (Å²) in [5.41, 5.74) is 1.70. The summed E-state index contributed by atoms with van der Waals surface area (Å²) in [5, 5.41) is -0.293. The number of carbonyl (C=O) groups is 1. The molecule has 0 N–H and O–H groups in total. The lowest BCUT2D eigenvalue weighted by Crippen LogP contribution is -2.16. The molecule has 0 radical (unpaired) electrons. The summed E-state index contributed by atoms with van der Waals surface area (Å²) in [5.74, 6) is -0.157. The Morgan fingerprint density at radius 2 is 1.44 bits per heavy atom. The molecule has 0 saturated carbocycles. The van der Waals surface area contributed by atoms with Gasteiger partial charge in [0.1, 0.15) is 0 Å². The first-order valence-corrected chi connectivity index (χ1v) is 6.42. The van der Waals surface area contributed by atoms with E-state index in [1.54, 1.807) is 0 Å². The Kier molecular flexibility index (Phi) is 4.16. The first kappa shape index (κ1) is 12.8. The summed E-state index contributed by atoms with van der Waals surface area (Å²) < 4.78 is 0. The molecule has 18 heavy (non-hydrogen) atoms. The van der Waals surface area contributed by atoms with Gasteiger partial charge in [-0.25, -0.2) is 0 Å². The normalized spacial score (nSPS) is 13.9. The van der Waals surface area contributed by atoms with Crippen LogP contribution in [0.15, 0.2) is 60.7 Å². The molecule has 0 spiro atoms. The van der Waals surface area contributed by atoms with Crippen molar-refractivity contribution >= 4 is 17.4 Å². The Morgan fingerprint density at radius 3 is 2.00 bits per heavy atom. The molecule has 2 aromatic rings. The van der Waals surface area contributed by atoms with Crippen molar-refractivity contribution in [1.82, 2.24) is 0 Å². The number of Topliss-reactive ketones (excluding diaryl/α,β-unsaturated/α-hetero) is 1. The van der Waals surface area contributed by atoms with Gasteiger partial charge in [0.15, 0.2) is 5.78 Å². The van der Waals surface area contributed by atoms with E-state index >= 15 is 0 Å². The molecule has 0 amide bonds. The first-order chi connectivity index (χ1) is 8.70. The highest BCUT2D eigenvalue weighted by atomic mass is 35.5. The highest BCUT2D eigenvalue weighted by Crippen LogP contribution is 2.30. The highest BCUT2D eigenvalue weighted by Gasteiger charge is 2.24. The molecular weight excluding hydrogens is 244 g/mol. The van der Waals surface area contributed by atoms with Gasteiger partial charge in [-0.15, -0.1) is 11.6 Å². The van der Waals surface area contributed by atoms with Gasteiger partial charge in [0.2, 0.25) is 0 Å². The van der Waals surface area contributed by atoms with Gasteiger partial charge < -0.3 is 0 Å². The Balaban J connectivity index is 2.17. The van der Waals surface area contributed by atoms with Gasteiger partial charge in [0.05, 0.1) is 5.38 Å². The molecule has 0 saturated heterocycles. The maximum Gasteiger partial charge on any atom is 0.167 e. The molecule has 0 aromatic heterocycles. The van der Waals surface area contributed by atoms with Crippen LogP contribution in [0, 0.1) is 5.92 Å². The minimum absolute atomic E-state index is 0.0828. The Morgan fingerprint density at radius 1 is 0.944 bits per heavy atom. The predicted octanol–water partition coefficient (Wildman–Crippen LogP) is 4.49. The second-order valence-corrected chi connectivity index (χ2v) is 4.80. The van der Waals surface area contributed by atoms with E-state index in [1.807, 2.05) is 67.6 Å². The van der Waals surface area contributed by atoms with Gasteiger partial charge in [-0.2, -0.15) is 0 Å². The number of alkyl halides is 1. The van der Waals surface area contributed by atoms with Crippen LogP contribution in [-0.2, 0) is 0 Å². The molecule has 92 valence electrons. The summed E-state index contributed by atoms with van der Waals surface area (Å²) in [6, 6.07) is 19.0. The Bertz CT molecular complexity index is 507. The van der Waals surface area contributed by atoms with Crippen molar-refractivity contribution in [1.29, 1.82) is 0 Å². The van der Waals surface area contributed by atoms with E-state index in [-0.39, 0.29) is 17.1 Å². The Hall–Kier alpha value is -1.60. The lowest BCUT2D eigenvalue weighted by Gasteiger charge is -2.17. The van der Waals surface area contributed by atoms with Gasteiger partial charge in [0, 0.05) is 11.5 Å². The van der Waals surface area contributed by atoms with E-state index < -0.39 is 0 Å². The average Bonchev–Trinajstić information content (AvgIpc) is 2.47. The molecule has 0 aliphatic heterocycles. The summed E-state index contributed by atoms with van der Waals surface area (Å²) in [7, 11) is 0. The van der Waals surface area contributed by atoms with Gasteiger partial charge in [-0.1, -0.05) is 67.6 Å². The SMILES string of the molecule is C[C@@H](C(=O)c1ccccc1)[C@H](Cl)c1ccccc1. The number of rotatable bonds is 4. The van der Waals surface area contributed by atoms with Crippen molar-refractivity contribution in [3.63, 3.8) is 0 Å². The molecule has 0 aliphatic carbocycles.